The van der Waals surface area contributed by atoms with Crippen LogP contribution in [0.3, 0.4) is 0 Å². The number of carbonyl (C=O) groups is 1. The fraction of sp³-hybridized carbons (Fsp3) is 0.900. The van der Waals surface area contributed by atoms with E-state index in [1.807, 2.05) is 6.92 Å². The second-order valence-electron chi connectivity index (χ2n) is 3.77. The topological polar surface area (TPSA) is 29.5 Å². The number of carbonyl (C=O) groups excluding carboxylic acids is 1. The fourth-order valence-corrected chi connectivity index (χ4v) is 1.66. The van der Waals surface area contributed by atoms with Gasteiger partial charge in [0.15, 0.2) is 0 Å². The molecule has 0 saturated carbocycles. The van der Waals surface area contributed by atoms with Crippen molar-refractivity contribution in [1.29, 1.82) is 0 Å². The van der Waals surface area contributed by atoms with Gasteiger partial charge in [-0.3, -0.25) is 4.79 Å². The summed E-state index contributed by atoms with van der Waals surface area (Å²) >= 11 is 0. The molecule has 0 aliphatic carbocycles. The van der Waals surface area contributed by atoms with Gasteiger partial charge in [-0.25, -0.2) is 0 Å². The van der Waals surface area contributed by atoms with E-state index >= 15 is 0 Å². The lowest BCUT2D eigenvalue weighted by Crippen LogP contribution is -2.38. The van der Waals surface area contributed by atoms with Crippen LogP contribution in [0.4, 0.5) is 0 Å². The molecule has 1 saturated heterocycles. The number of hydrogen-bond donors (Lipinski definition) is 0. The minimum absolute atomic E-state index is 0.0391. The van der Waals surface area contributed by atoms with Crippen LogP contribution in [0.25, 0.3) is 0 Å². The van der Waals surface area contributed by atoms with Gasteiger partial charge in [-0.1, -0.05) is 6.92 Å². The lowest BCUT2D eigenvalue weighted by molar-refractivity contribution is -0.151. The number of hydrogen-bond acceptors (Lipinski definition) is 3. The first-order valence-corrected chi connectivity index (χ1v) is 5.10. The van der Waals surface area contributed by atoms with Crippen LogP contribution in [0.5, 0.6) is 0 Å². The molecule has 0 spiro atoms. The quantitative estimate of drug-likeness (QED) is 0.623. The van der Waals surface area contributed by atoms with Crippen molar-refractivity contribution in [3.8, 4) is 0 Å². The second-order valence-corrected chi connectivity index (χ2v) is 3.77. The molecule has 1 aliphatic rings. The summed E-state index contributed by atoms with van der Waals surface area (Å²) in [5, 5.41) is 0. The van der Waals surface area contributed by atoms with E-state index in [0.717, 1.165) is 32.4 Å². The Morgan fingerprint density at radius 1 is 1.62 bits per heavy atom. The van der Waals surface area contributed by atoms with Crippen molar-refractivity contribution in [2.75, 3.05) is 20.1 Å². The molecule has 1 atom stereocenters. The van der Waals surface area contributed by atoms with E-state index in [4.69, 9.17) is 4.74 Å². The monoisotopic (exact) mass is 185 g/mol. The van der Waals surface area contributed by atoms with E-state index in [2.05, 4.69) is 11.9 Å². The Bertz CT molecular complexity index is 170. The maximum absolute atomic E-state index is 11.2. The Morgan fingerprint density at radius 3 is 3.00 bits per heavy atom. The number of esters is 1. The molecule has 1 unspecified atom stereocenters. The first-order chi connectivity index (χ1) is 6.22. The highest BCUT2D eigenvalue weighted by molar-refractivity contribution is 5.69. The molecule has 1 rings (SSSR count). The third-order valence-electron chi connectivity index (χ3n) is 2.33. The van der Waals surface area contributed by atoms with Crippen molar-refractivity contribution in [2.24, 2.45) is 0 Å². The summed E-state index contributed by atoms with van der Waals surface area (Å²) < 4.78 is 5.32. The lowest BCUT2D eigenvalue weighted by atomic mass is 10.1. The highest BCUT2D eigenvalue weighted by Crippen LogP contribution is 2.12. The van der Waals surface area contributed by atoms with Gasteiger partial charge in [-0.15, -0.1) is 0 Å². The van der Waals surface area contributed by atoms with Gasteiger partial charge in [0, 0.05) is 13.0 Å². The molecule has 0 radical (unpaired) electrons. The molecule has 0 aromatic carbocycles. The second kappa shape index (κ2) is 5.22. The van der Waals surface area contributed by atoms with E-state index in [1.54, 1.807) is 0 Å². The number of piperidine rings is 1. The molecule has 13 heavy (non-hydrogen) atoms. The molecule has 1 aliphatic heterocycles. The van der Waals surface area contributed by atoms with Gasteiger partial charge in [0.1, 0.15) is 6.10 Å². The molecule has 0 aromatic heterocycles. The first kappa shape index (κ1) is 10.5. The van der Waals surface area contributed by atoms with Gasteiger partial charge in [-0.2, -0.15) is 0 Å². The summed E-state index contributed by atoms with van der Waals surface area (Å²) in [4.78, 5) is 13.4. The molecule has 0 aromatic rings. The van der Waals surface area contributed by atoms with Crippen LogP contribution in [0.2, 0.25) is 0 Å². The number of nitrogens with zero attached hydrogens (tertiary/aromatic N) is 1. The van der Waals surface area contributed by atoms with Gasteiger partial charge in [0.05, 0.1) is 0 Å². The van der Waals surface area contributed by atoms with Crippen molar-refractivity contribution in [1.82, 2.24) is 4.90 Å². The molecule has 0 bridgehead atoms. The Morgan fingerprint density at radius 2 is 2.38 bits per heavy atom. The molecular formula is C10H19NO2. The van der Waals surface area contributed by atoms with E-state index < -0.39 is 0 Å². The SMILES string of the molecule is CCCC(=O)OC1CCCN(C)C1. The predicted molar refractivity (Wildman–Crippen MR) is 51.5 cm³/mol. The van der Waals surface area contributed by atoms with E-state index in [1.165, 1.54) is 0 Å². The Balaban J connectivity index is 2.23. The van der Waals surface area contributed by atoms with Crippen LogP contribution in [0, 0.1) is 0 Å². The van der Waals surface area contributed by atoms with E-state index in [-0.39, 0.29) is 12.1 Å². The number of likely N-dealkylation sites (tertiary alicyclic amines) is 1. The molecule has 76 valence electrons. The Kier molecular flexibility index (Phi) is 4.22. The average molecular weight is 185 g/mol. The first-order valence-electron chi connectivity index (χ1n) is 5.10. The summed E-state index contributed by atoms with van der Waals surface area (Å²) in [5.41, 5.74) is 0. The summed E-state index contributed by atoms with van der Waals surface area (Å²) in [6.45, 7) is 4.02. The largest absolute Gasteiger partial charge is 0.461 e. The van der Waals surface area contributed by atoms with Crippen molar-refractivity contribution in [3.05, 3.63) is 0 Å². The van der Waals surface area contributed by atoms with Crippen LogP contribution in [-0.2, 0) is 9.53 Å². The molecule has 3 nitrogen and oxygen atoms in total. The molecule has 1 heterocycles. The number of likely N-dealkylation sites (N-methyl/N-ethyl adjacent to an activating group) is 1. The molecule has 3 heteroatoms. The van der Waals surface area contributed by atoms with Crippen molar-refractivity contribution >= 4 is 5.97 Å². The maximum atomic E-state index is 11.2. The zero-order chi connectivity index (χ0) is 9.68. The number of ether oxygens (including phenoxy) is 1. The summed E-state index contributed by atoms with van der Waals surface area (Å²) in [6, 6.07) is 0. The minimum Gasteiger partial charge on any atom is -0.461 e. The van der Waals surface area contributed by atoms with Crippen LogP contribution in [0.1, 0.15) is 32.6 Å². The van der Waals surface area contributed by atoms with Crippen molar-refractivity contribution in [3.63, 3.8) is 0 Å². The zero-order valence-corrected chi connectivity index (χ0v) is 8.58. The van der Waals surface area contributed by atoms with E-state index in [0.29, 0.717) is 6.42 Å². The molecule has 0 N–H and O–H groups in total. The zero-order valence-electron chi connectivity index (χ0n) is 8.58. The third kappa shape index (κ3) is 3.77. The van der Waals surface area contributed by atoms with Gasteiger partial charge >= 0.3 is 5.97 Å². The highest BCUT2D eigenvalue weighted by Gasteiger charge is 2.19. The van der Waals surface area contributed by atoms with Crippen LogP contribution in [0.15, 0.2) is 0 Å². The van der Waals surface area contributed by atoms with Crippen molar-refractivity contribution in [2.45, 2.75) is 38.7 Å². The average Bonchev–Trinajstić information content (AvgIpc) is 2.04. The fourth-order valence-electron chi connectivity index (χ4n) is 1.66. The smallest absolute Gasteiger partial charge is 0.306 e. The molecule has 0 amide bonds. The summed E-state index contributed by atoms with van der Waals surface area (Å²) in [7, 11) is 2.07. The van der Waals surface area contributed by atoms with Gasteiger partial charge in [0.25, 0.3) is 0 Å². The number of rotatable bonds is 3. The predicted octanol–water partition coefficient (Wildman–Crippen LogP) is 1.42. The Hall–Kier alpha value is -0.570. The van der Waals surface area contributed by atoms with Crippen LogP contribution < -0.4 is 0 Å². The van der Waals surface area contributed by atoms with Gasteiger partial charge in [-0.05, 0) is 32.9 Å². The van der Waals surface area contributed by atoms with E-state index in [9.17, 15) is 4.79 Å². The molecular weight excluding hydrogens is 166 g/mol. The summed E-state index contributed by atoms with van der Waals surface area (Å²) in [5.74, 6) is -0.0391. The Labute approximate surface area is 80.1 Å². The van der Waals surface area contributed by atoms with Crippen LogP contribution >= 0.6 is 0 Å². The standard InChI is InChI=1S/C10H19NO2/c1-3-5-10(12)13-9-6-4-7-11(2)8-9/h9H,3-8H2,1-2H3. The summed E-state index contributed by atoms with van der Waals surface area (Å²) in [6.07, 6.45) is 3.74. The normalized spacial score (nSPS) is 24.3. The van der Waals surface area contributed by atoms with Gasteiger partial charge < -0.3 is 9.64 Å². The lowest BCUT2D eigenvalue weighted by Gasteiger charge is -2.29. The van der Waals surface area contributed by atoms with Crippen molar-refractivity contribution < 1.29 is 9.53 Å². The minimum atomic E-state index is -0.0391. The van der Waals surface area contributed by atoms with Crippen LogP contribution in [-0.4, -0.2) is 37.1 Å². The molecule has 1 fully saturated rings. The maximum Gasteiger partial charge on any atom is 0.306 e. The highest BCUT2D eigenvalue weighted by atomic mass is 16.5. The third-order valence-corrected chi connectivity index (χ3v) is 2.33. The van der Waals surface area contributed by atoms with Gasteiger partial charge in [0.2, 0.25) is 0 Å².